The second-order valence-electron chi connectivity index (χ2n) is 5.67. The molecule has 0 amide bonds. The van der Waals surface area contributed by atoms with Gasteiger partial charge in [0.25, 0.3) is 0 Å². The van der Waals surface area contributed by atoms with Gasteiger partial charge in [0.15, 0.2) is 5.82 Å². The molecule has 7 nitrogen and oxygen atoms in total. The summed E-state index contributed by atoms with van der Waals surface area (Å²) in [6, 6.07) is 0.244. The summed E-state index contributed by atoms with van der Waals surface area (Å²) in [6.07, 6.45) is 3.25. The number of ether oxygens (including phenoxy) is 1. The van der Waals surface area contributed by atoms with Crippen molar-refractivity contribution >= 4 is 0 Å². The molecule has 1 aliphatic heterocycles. The van der Waals surface area contributed by atoms with Crippen LogP contribution < -0.4 is 5.32 Å². The van der Waals surface area contributed by atoms with Crippen LogP contribution in [0, 0.1) is 0 Å². The number of tetrazole rings is 1. The molecule has 1 fully saturated rings. The SMILES string of the molecule is CCCNC(Cc1nnn(C)n1)C1CN(CCC)CCO1. The molecule has 1 aromatic rings. The van der Waals surface area contributed by atoms with E-state index in [2.05, 4.69) is 39.5 Å². The molecule has 1 saturated heterocycles. The lowest BCUT2D eigenvalue weighted by Crippen LogP contribution is -2.53. The van der Waals surface area contributed by atoms with E-state index in [9.17, 15) is 0 Å². The van der Waals surface area contributed by atoms with E-state index in [1.54, 1.807) is 7.05 Å². The largest absolute Gasteiger partial charge is 0.374 e. The highest BCUT2D eigenvalue weighted by molar-refractivity contribution is 4.91. The van der Waals surface area contributed by atoms with E-state index in [4.69, 9.17) is 4.74 Å². The van der Waals surface area contributed by atoms with Crippen molar-refractivity contribution in [3.63, 3.8) is 0 Å². The first-order valence-electron chi connectivity index (χ1n) is 8.03. The van der Waals surface area contributed by atoms with Gasteiger partial charge in [-0.25, -0.2) is 0 Å². The van der Waals surface area contributed by atoms with Crippen LogP contribution in [0.25, 0.3) is 0 Å². The summed E-state index contributed by atoms with van der Waals surface area (Å²) in [6.45, 7) is 9.35. The molecule has 0 aromatic carbocycles. The number of aryl methyl sites for hydroxylation is 1. The molecule has 0 spiro atoms. The molecular weight excluding hydrogens is 268 g/mol. The molecule has 0 radical (unpaired) electrons. The summed E-state index contributed by atoms with van der Waals surface area (Å²) in [5.41, 5.74) is 0. The summed E-state index contributed by atoms with van der Waals surface area (Å²) in [4.78, 5) is 4.00. The van der Waals surface area contributed by atoms with Gasteiger partial charge in [-0.15, -0.1) is 10.2 Å². The van der Waals surface area contributed by atoms with E-state index < -0.39 is 0 Å². The molecule has 2 atom stereocenters. The third-order valence-electron chi connectivity index (χ3n) is 3.77. The molecule has 2 unspecified atom stereocenters. The predicted octanol–water partition coefficient (Wildman–Crippen LogP) is 0.232. The molecule has 21 heavy (non-hydrogen) atoms. The summed E-state index contributed by atoms with van der Waals surface area (Å²) < 4.78 is 6.01. The maximum absolute atomic E-state index is 6.01. The van der Waals surface area contributed by atoms with Gasteiger partial charge in [0.05, 0.1) is 19.8 Å². The smallest absolute Gasteiger partial charge is 0.176 e. The minimum absolute atomic E-state index is 0.195. The van der Waals surface area contributed by atoms with Gasteiger partial charge in [0, 0.05) is 25.6 Å². The summed E-state index contributed by atoms with van der Waals surface area (Å²) >= 11 is 0. The van der Waals surface area contributed by atoms with Crippen LogP contribution in [0.5, 0.6) is 0 Å². The van der Waals surface area contributed by atoms with Gasteiger partial charge in [-0.3, -0.25) is 4.90 Å². The Morgan fingerprint density at radius 3 is 2.90 bits per heavy atom. The lowest BCUT2D eigenvalue weighted by Gasteiger charge is -2.37. The van der Waals surface area contributed by atoms with Crippen molar-refractivity contribution < 1.29 is 4.74 Å². The van der Waals surface area contributed by atoms with E-state index in [1.807, 2.05) is 0 Å². The van der Waals surface area contributed by atoms with Crippen LogP contribution in [0.15, 0.2) is 0 Å². The fourth-order valence-corrected chi connectivity index (χ4v) is 2.76. The Kier molecular flexibility index (Phi) is 6.53. The normalized spacial score (nSPS) is 21.6. The van der Waals surface area contributed by atoms with Crippen LogP contribution in [0.1, 0.15) is 32.5 Å². The van der Waals surface area contributed by atoms with Crippen molar-refractivity contribution in [2.24, 2.45) is 7.05 Å². The molecule has 120 valence electrons. The third-order valence-corrected chi connectivity index (χ3v) is 3.77. The van der Waals surface area contributed by atoms with Crippen LogP contribution in [-0.2, 0) is 18.2 Å². The number of nitrogens with one attached hydrogen (secondary N) is 1. The van der Waals surface area contributed by atoms with Gasteiger partial charge in [-0.05, 0) is 31.1 Å². The molecule has 2 rings (SSSR count). The number of rotatable bonds is 8. The van der Waals surface area contributed by atoms with Crippen LogP contribution in [0.4, 0.5) is 0 Å². The van der Waals surface area contributed by atoms with Crippen molar-refractivity contribution in [2.45, 2.75) is 45.3 Å². The van der Waals surface area contributed by atoms with Gasteiger partial charge in [0.1, 0.15) is 0 Å². The molecule has 0 bridgehead atoms. The Balaban J connectivity index is 1.96. The van der Waals surface area contributed by atoms with E-state index >= 15 is 0 Å². The second-order valence-corrected chi connectivity index (χ2v) is 5.67. The van der Waals surface area contributed by atoms with Crippen LogP contribution >= 0.6 is 0 Å². The summed E-state index contributed by atoms with van der Waals surface area (Å²) in [7, 11) is 1.80. The van der Waals surface area contributed by atoms with E-state index in [0.717, 1.165) is 51.5 Å². The number of aromatic nitrogens is 4. The minimum atomic E-state index is 0.195. The molecule has 0 saturated carbocycles. The van der Waals surface area contributed by atoms with Crippen LogP contribution in [-0.4, -0.2) is 70.0 Å². The number of hydrogen-bond acceptors (Lipinski definition) is 6. The van der Waals surface area contributed by atoms with Gasteiger partial charge >= 0.3 is 0 Å². The highest BCUT2D eigenvalue weighted by atomic mass is 16.5. The average Bonchev–Trinajstić information content (AvgIpc) is 2.89. The van der Waals surface area contributed by atoms with E-state index in [0.29, 0.717) is 0 Å². The lowest BCUT2D eigenvalue weighted by molar-refractivity contribution is -0.0464. The topological polar surface area (TPSA) is 68.1 Å². The lowest BCUT2D eigenvalue weighted by atomic mass is 10.0. The minimum Gasteiger partial charge on any atom is -0.374 e. The first-order chi connectivity index (χ1) is 10.2. The first kappa shape index (κ1) is 16.3. The van der Waals surface area contributed by atoms with Gasteiger partial charge in [0.2, 0.25) is 0 Å². The average molecular weight is 296 g/mol. The second kappa shape index (κ2) is 8.41. The Morgan fingerprint density at radius 2 is 2.24 bits per heavy atom. The Morgan fingerprint density at radius 1 is 1.38 bits per heavy atom. The third kappa shape index (κ3) is 5.01. The maximum atomic E-state index is 6.01. The van der Waals surface area contributed by atoms with Crippen molar-refractivity contribution in [3.05, 3.63) is 5.82 Å². The van der Waals surface area contributed by atoms with Gasteiger partial charge in [-0.1, -0.05) is 13.8 Å². The fourth-order valence-electron chi connectivity index (χ4n) is 2.76. The zero-order valence-electron chi connectivity index (χ0n) is 13.5. The Hall–Kier alpha value is -1.05. The number of hydrogen-bond donors (Lipinski definition) is 1. The van der Waals surface area contributed by atoms with Gasteiger partial charge in [-0.2, -0.15) is 4.80 Å². The van der Waals surface area contributed by atoms with Crippen molar-refractivity contribution in [3.8, 4) is 0 Å². The van der Waals surface area contributed by atoms with Crippen LogP contribution in [0.3, 0.4) is 0 Å². The van der Waals surface area contributed by atoms with Crippen molar-refractivity contribution in [1.82, 2.24) is 30.4 Å². The number of nitrogens with zero attached hydrogens (tertiary/aromatic N) is 5. The predicted molar refractivity (Wildman–Crippen MR) is 81.1 cm³/mol. The molecule has 2 heterocycles. The van der Waals surface area contributed by atoms with E-state index in [-0.39, 0.29) is 12.1 Å². The zero-order chi connectivity index (χ0) is 15.1. The number of morpholine rings is 1. The van der Waals surface area contributed by atoms with Gasteiger partial charge < -0.3 is 10.1 Å². The van der Waals surface area contributed by atoms with Crippen LogP contribution in [0.2, 0.25) is 0 Å². The Labute approximate surface area is 127 Å². The molecule has 1 aliphatic rings. The molecule has 1 aromatic heterocycles. The Bertz CT molecular complexity index is 408. The fraction of sp³-hybridized carbons (Fsp3) is 0.929. The van der Waals surface area contributed by atoms with Crippen molar-refractivity contribution in [2.75, 3.05) is 32.8 Å². The molecule has 7 heteroatoms. The highest BCUT2D eigenvalue weighted by Crippen LogP contribution is 2.12. The summed E-state index contributed by atoms with van der Waals surface area (Å²) in [5, 5.41) is 15.9. The monoisotopic (exact) mass is 296 g/mol. The quantitative estimate of drug-likeness (QED) is 0.741. The molecular formula is C14H28N6O. The molecule has 1 N–H and O–H groups in total. The standard InChI is InChI=1S/C14H28N6O/c1-4-6-15-12(10-14-16-18-19(3)17-14)13-11-20(7-5-2)8-9-21-13/h12-13,15H,4-11H2,1-3H3. The van der Waals surface area contributed by atoms with E-state index in [1.165, 1.54) is 11.2 Å². The van der Waals surface area contributed by atoms with Crippen molar-refractivity contribution in [1.29, 1.82) is 0 Å². The summed E-state index contributed by atoms with van der Waals surface area (Å²) in [5.74, 6) is 0.780. The maximum Gasteiger partial charge on any atom is 0.176 e. The zero-order valence-corrected chi connectivity index (χ0v) is 13.5. The highest BCUT2D eigenvalue weighted by Gasteiger charge is 2.28. The first-order valence-corrected chi connectivity index (χ1v) is 8.03. The molecule has 0 aliphatic carbocycles.